The van der Waals surface area contributed by atoms with Gasteiger partial charge in [0.2, 0.25) is 0 Å². The fourth-order valence-electron chi connectivity index (χ4n) is 3.17. The normalized spacial score (nSPS) is 23.1. The summed E-state index contributed by atoms with van der Waals surface area (Å²) in [5.41, 5.74) is 2.26. The lowest BCUT2D eigenvalue weighted by Gasteiger charge is -2.30. The smallest absolute Gasteiger partial charge is 0.123 e. The summed E-state index contributed by atoms with van der Waals surface area (Å²) in [5, 5.41) is 11.8. The number of ether oxygens (including phenoxy) is 1. The number of nitrogens with zero attached hydrogens (tertiary/aromatic N) is 1. The molecule has 0 amide bonds. The molecule has 1 aliphatic carbocycles. The highest BCUT2D eigenvalue weighted by Crippen LogP contribution is 2.29. The van der Waals surface area contributed by atoms with Crippen molar-refractivity contribution in [3.8, 4) is 5.75 Å². The number of H-pyrrole nitrogens is 1. The van der Waals surface area contributed by atoms with Gasteiger partial charge >= 0.3 is 0 Å². The molecule has 1 aromatic heterocycles. The molecule has 108 valence electrons. The highest BCUT2D eigenvalue weighted by molar-refractivity contribution is 5.83. The van der Waals surface area contributed by atoms with Crippen LogP contribution in [0, 0.1) is 6.92 Å². The molecule has 1 aromatic carbocycles. The van der Waals surface area contributed by atoms with Crippen molar-refractivity contribution in [1.82, 2.24) is 15.5 Å². The van der Waals surface area contributed by atoms with Gasteiger partial charge in [-0.25, -0.2) is 0 Å². The Morgan fingerprint density at radius 2 is 2.30 bits per heavy atom. The van der Waals surface area contributed by atoms with Crippen molar-refractivity contribution in [2.45, 2.75) is 51.7 Å². The van der Waals surface area contributed by atoms with E-state index in [9.17, 15) is 0 Å². The molecule has 2 atom stereocenters. The van der Waals surface area contributed by atoms with E-state index in [-0.39, 0.29) is 0 Å². The van der Waals surface area contributed by atoms with E-state index in [2.05, 4.69) is 41.5 Å². The third-order valence-electron chi connectivity index (χ3n) is 4.26. The monoisotopic (exact) mass is 273 g/mol. The van der Waals surface area contributed by atoms with E-state index in [4.69, 9.17) is 4.74 Å². The SMILES string of the molecule is CCN[C@@H]1CCC[C@H](Oc2ccc3[nH]ncc3c2C)C1. The number of nitrogens with one attached hydrogen (secondary N) is 2. The van der Waals surface area contributed by atoms with Gasteiger partial charge in [0.1, 0.15) is 11.9 Å². The second kappa shape index (κ2) is 5.83. The summed E-state index contributed by atoms with van der Waals surface area (Å²) >= 11 is 0. The van der Waals surface area contributed by atoms with Gasteiger partial charge in [-0.3, -0.25) is 5.10 Å². The van der Waals surface area contributed by atoms with Crippen LogP contribution in [0.3, 0.4) is 0 Å². The Kier molecular flexibility index (Phi) is 3.92. The van der Waals surface area contributed by atoms with Crippen LogP contribution in [0.5, 0.6) is 5.75 Å². The van der Waals surface area contributed by atoms with Crippen molar-refractivity contribution in [3.05, 3.63) is 23.9 Å². The zero-order valence-corrected chi connectivity index (χ0v) is 12.3. The molecule has 4 heteroatoms. The number of aromatic nitrogens is 2. The van der Waals surface area contributed by atoms with Crippen LogP contribution in [-0.4, -0.2) is 28.9 Å². The second-order valence-corrected chi connectivity index (χ2v) is 5.68. The first-order valence-corrected chi connectivity index (χ1v) is 7.60. The molecule has 1 heterocycles. The van der Waals surface area contributed by atoms with Crippen LogP contribution >= 0.6 is 0 Å². The van der Waals surface area contributed by atoms with Crippen LogP contribution in [0.15, 0.2) is 18.3 Å². The molecule has 2 N–H and O–H groups in total. The van der Waals surface area contributed by atoms with E-state index in [0.29, 0.717) is 12.1 Å². The Balaban J connectivity index is 1.73. The minimum atomic E-state index is 0.329. The van der Waals surface area contributed by atoms with Crippen LogP contribution in [-0.2, 0) is 0 Å². The Bertz CT molecular complexity index is 576. The molecule has 0 unspecified atom stereocenters. The lowest BCUT2D eigenvalue weighted by molar-refractivity contribution is 0.134. The van der Waals surface area contributed by atoms with E-state index in [1.54, 1.807) is 0 Å². The maximum absolute atomic E-state index is 6.26. The molecule has 4 nitrogen and oxygen atoms in total. The van der Waals surface area contributed by atoms with E-state index >= 15 is 0 Å². The quantitative estimate of drug-likeness (QED) is 0.899. The maximum atomic E-state index is 6.26. The van der Waals surface area contributed by atoms with Crippen molar-refractivity contribution >= 4 is 10.9 Å². The number of benzene rings is 1. The average Bonchev–Trinajstić information content (AvgIpc) is 2.92. The molecule has 2 aromatic rings. The van der Waals surface area contributed by atoms with Crippen LogP contribution in [0.25, 0.3) is 10.9 Å². The van der Waals surface area contributed by atoms with Gasteiger partial charge in [-0.2, -0.15) is 5.10 Å². The van der Waals surface area contributed by atoms with Crippen molar-refractivity contribution in [2.75, 3.05) is 6.54 Å². The molecular weight excluding hydrogens is 250 g/mol. The first-order chi connectivity index (χ1) is 9.78. The number of aromatic amines is 1. The Morgan fingerprint density at radius 3 is 3.15 bits per heavy atom. The van der Waals surface area contributed by atoms with Crippen LogP contribution in [0.1, 0.15) is 38.2 Å². The van der Waals surface area contributed by atoms with Crippen LogP contribution in [0.2, 0.25) is 0 Å². The van der Waals surface area contributed by atoms with Gasteiger partial charge in [0.25, 0.3) is 0 Å². The average molecular weight is 273 g/mol. The van der Waals surface area contributed by atoms with Crippen molar-refractivity contribution in [3.63, 3.8) is 0 Å². The largest absolute Gasteiger partial charge is 0.490 e. The Hall–Kier alpha value is -1.55. The molecule has 0 spiro atoms. The zero-order chi connectivity index (χ0) is 13.9. The number of fused-ring (bicyclic) bond motifs is 1. The first-order valence-electron chi connectivity index (χ1n) is 7.60. The van der Waals surface area contributed by atoms with Gasteiger partial charge in [0.15, 0.2) is 0 Å². The van der Waals surface area contributed by atoms with Gasteiger partial charge in [-0.1, -0.05) is 6.92 Å². The fourth-order valence-corrected chi connectivity index (χ4v) is 3.17. The lowest BCUT2D eigenvalue weighted by Crippen LogP contribution is -2.38. The molecule has 1 fully saturated rings. The van der Waals surface area contributed by atoms with Crippen LogP contribution in [0.4, 0.5) is 0 Å². The number of rotatable bonds is 4. The minimum absolute atomic E-state index is 0.329. The van der Waals surface area contributed by atoms with Gasteiger partial charge in [0, 0.05) is 17.0 Å². The molecule has 0 bridgehead atoms. The molecule has 1 saturated carbocycles. The van der Waals surface area contributed by atoms with Crippen molar-refractivity contribution in [2.24, 2.45) is 0 Å². The molecule has 1 aliphatic rings. The molecule has 0 saturated heterocycles. The number of hydrogen-bond acceptors (Lipinski definition) is 3. The summed E-state index contributed by atoms with van der Waals surface area (Å²) in [4.78, 5) is 0. The summed E-state index contributed by atoms with van der Waals surface area (Å²) in [6, 6.07) is 4.72. The highest BCUT2D eigenvalue weighted by atomic mass is 16.5. The van der Waals surface area contributed by atoms with Crippen LogP contribution < -0.4 is 10.1 Å². The molecule has 20 heavy (non-hydrogen) atoms. The summed E-state index contributed by atoms with van der Waals surface area (Å²) in [6.45, 7) is 5.32. The maximum Gasteiger partial charge on any atom is 0.123 e. The van der Waals surface area contributed by atoms with E-state index in [1.165, 1.54) is 18.4 Å². The molecule has 3 rings (SSSR count). The van der Waals surface area contributed by atoms with E-state index in [0.717, 1.165) is 36.0 Å². The minimum Gasteiger partial charge on any atom is -0.490 e. The molecule has 0 radical (unpaired) electrons. The van der Waals surface area contributed by atoms with E-state index in [1.807, 2.05) is 6.20 Å². The third-order valence-corrected chi connectivity index (χ3v) is 4.26. The van der Waals surface area contributed by atoms with Gasteiger partial charge in [-0.15, -0.1) is 0 Å². The highest BCUT2D eigenvalue weighted by Gasteiger charge is 2.23. The zero-order valence-electron chi connectivity index (χ0n) is 12.3. The number of aryl methyl sites for hydroxylation is 1. The predicted molar refractivity (Wildman–Crippen MR) is 81.2 cm³/mol. The summed E-state index contributed by atoms with van der Waals surface area (Å²) < 4.78 is 6.26. The van der Waals surface area contributed by atoms with Crippen molar-refractivity contribution < 1.29 is 4.74 Å². The van der Waals surface area contributed by atoms with Gasteiger partial charge in [-0.05, 0) is 51.3 Å². The topological polar surface area (TPSA) is 49.9 Å². The molecule has 0 aliphatic heterocycles. The van der Waals surface area contributed by atoms with Crippen molar-refractivity contribution in [1.29, 1.82) is 0 Å². The summed E-state index contributed by atoms with van der Waals surface area (Å²) in [6.07, 6.45) is 6.99. The Labute approximate surface area is 119 Å². The fraction of sp³-hybridized carbons (Fsp3) is 0.562. The lowest BCUT2D eigenvalue weighted by atomic mass is 9.92. The first kappa shape index (κ1) is 13.4. The molecular formula is C16H23N3O. The summed E-state index contributed by atoms with van der Waals surface area (Å²) in [5.74, 6) is 1.00. The van der Waals surface area contributed by atoms with E-state index < -0.39 is 0 Å². The third kappa shape index (κ3) is 2.66. The van der Waals surface area contributed by atoms with Gasteiger partial charge < -0.3 is 10.1 Å². The number of hydrogen-bond donors (Lipinski definition) is 2. The standard InChI is InChI=1S/C16H23N3O/c1-3-17-12-5-4-6-13(9-12)20-16-8-7-15-14(11(16)2)10-18-19-15/h7-8,10,12-13,17H,3-6,9H2,1-2H3,(H,18,19)/t12-,13+/m1/s1. The van der Waals surface area contributed by atoms with Gasteiger partial charge in [0.05, 0.1) is 11.7 Å². The second-order valence-electron chi connectivity index (χ2n) is 5.68. The predicted octanol–water partition coefficient (Wildman–Crippen LogP) is 3.17. The Morgan fingerprint density at radius 1 is 1.40 bits per heavy atom. The summed E-state index contributed by atoms with van der Waals surface area (Å²) in [7, 11) is 0.